The highest BCUT2D eigenvalue weighted by atomic mass is 19.4. The van der Waals surface area contributed by atoms with Gasteiger partial charge in [0.25, 0.3) is 0 Å². The molecule has 0 aromatic carbocycles. The van der Waals surface area contributed by atoms with Crippen molar-refractivity contribution in [3.05, 3.63) is 35.8 Å². The van der Waals surface area contributed by atoms with Crippen LogP contribution in [0.1, 0.15) is 42.4 Å². The second kappa shape index (κ2) is 9.37. The number of aromatic carboxylic acids is 1. The maximum absolute atomic E-state index is 12.3. The summed E-state index contributed by atoms with van der Waals surface area (Å²) < 4.78 is 33.2. The maximum atomic E-state index is 12.3. The highest BCUT2D eigenvalue weighted by molar-refractivity contribution is 5.93. The van der Waals surface area contributed by atoms with E-state index in [2.05, 4.69) is 15.4 Å². The predicted octanol–water partition coefficient (Wildman–Crippen LogP) is 2.90. The largest absolute Gasteiger partial charge is 0.490 e. The third-order valence-electron chi connectivity index (χ3n) is 4.23. The zero-order chi connectivity index (χ0) is 22.5. The van der Waals surface area contributed by atoms with Gasteiger partial charge in [-0.25, -0.2) is 14.3 Å². The molecule has 1 amide bonds. The number of nitrogens with zero attached hydrogens (tertiary/aromatic N) is 3. The van der Waals surface area contributed by atoms with Gasteiger partial charge in [-0.1, -0.05) is 13.3 Å². The summed E-state index contributed by atoms with van der Waals surface area (Å²) in [6.45, 7) is 1.87. The summed E-state index contributed by atoms with van der Waals surface area (Å²) >= 11 is 0. The Kier molecular flexibility index (Phi) is 7.14. The first-order chi connectivity index (χ1) is 14.0. The lowest BCUT2D eigenvalue weighted by Crippen LogP contribution is -2.22. The number of carboxylic acids is 2. The molecule has 9 nitrogen and oxygen atoms in total. The molecule has 0 radical (unpaired) electrons. The molecule has 2 aromatic heterocycles. The van der Waals surface area contributed by atoms with Gasteiger partial charge in [0.15, 0.2) is 5.69 Å². The fourth-order valence-electron chi connectivity index (χ4n) is 2.64. The number of alkyl halides is 3. The van der Waals surface area contributed by atoms with Gasteiger partial charge < -0.3 is 15.5 Å². The highest BCUT2D eigenvalue weighted by Gasteiger charge is 2.38. The van der Waals surface area contributed by atoms with Gasteiger partial charge in [-0.3, -0.25) is 9.78 Å². The molecule has 2 aromatic rings. The zero-order valence-electron chi connectivity index (χ0n) is 15.8. The topological polar surface area (TPSA) is 134 Å². The molecule has 2 bridgehead atoms. The molecule has 1 aliphatic heterocycles. The molecule has 162 valence electrons. The van der Waals surface area contributed by atoms with E-state index in [1.165, 1.54) is 10.7 Å². The third kappa shape index (κ3) is 6.03. The molecule has 3 N–H and O–H groups in total. The van der Waals surface area contributed by atoms with Crippen LogP contribution in [0.3, 0.4) is 0 Å². The second-order valence-corrected chi connectivity index (χ2v) is 6.58. The quantitative estimate of drug-likeness (QED) is 0.636. The average molecular weight is 428 g/mol. The van der Waals surface area contributed by atoms with Crippen molar-refractivity contribution in [2.75, 3.05) is 5.32 Å². The van der Waals surface area contributed by atoms with E-state index in [1.54, 1.807) is 12.3 Å². The molecular weight excluding hydrogens is 409 g/mol. The number of aryl methyl sites for hydroxylation is 1. The van der Waals surface area contributed by atoms with Crippen LogP contribution in [0, 0.1) is 5.92 Å². The number of carbonyl (C=O) groups excluding carboxylic acids is 1. The van der Waals surface area contributed by atoms with Gasteiger partial charge in [0.05, 0.1) is 5.69 Å². The number of halogens is 3. The zero-order valence-corrected chi connectivity index (χ0v) is 15.8. The van der Waals surface area contributed by atoms with Gasteiger partial charge in [-0.15, -0.1) is 0 Å². The van der Waals surface area contributed by atoms with Crippen LogP contribution in [0.5, 0.6) is 0 Å². The summed E-state index contributed by atoms with van der Waals surface area (Å²) in [5, 5.41) is 23.2. The Hall–Kier alpha value is -3.44. The maximum Gasteiger partial charge on any atom is 0.490 e. The number of carbonyl (C=O) groups is 3. The number of nitrogens with one attached hydrogen (secondary N) is 1. The van der Waals surface area contributed by atoms with Gasteiger partial charge >= 0.3 is 18.1 Å². The van der Waals surface area contributed by atoms with Crippen LogP contribution in [-0.4, -0.2) is 49.0 Å². The number of pyridine rings is 1. The number of hydrogen-bond donors (Lipinski definition) is 3. The molecule has 3 rings (SSSR count). The Morgan fingerprint density at radius 1 is 1.23 bits per heavy atom. The SMILES string of the molecule is CC1CCCCc2cc(ccn2)-n2nc(C(=O)O)cc2NC1=O.O=C(O)C(F)(F)F. The molecule has 1 unspecified atom stereocenters. The van der Waals surface area contributed by atoms with Crippen molar-refractivity contribution in [2.24, 2.45) is 5.92 Å². The van der Waals surface area contributed by atoms with E-state index in [4.69, 9.17) is 15.0 Å². The van der Waals surface area contributed by atoms with E-state index in [0.29, 0.717) is 11.5 Å². The van der Waals surface area contributed by atoms with Crippen LogP contribution in [0.25, 0.3) is 5.69 Å². The average Bonchev–Trinajstić information content (AvgIpc) is 3.08. The van der Waals surface area contributed by atoms with Gasteiger partial charge in [0.1, 0.15) is 5.82 Å². The molecule has 1 atom stereocenters. The van der Waals surface area contributed by atoms with Gasteiger partial charge in [0, 0.05) is 23.9 Å². The fraction of sp³-hybridized carbons (Fsp3) is 0.389. The standard InChI is InChI=1S/C16H18N4O3.C2HF3O2/c1-10-4-2-3-5-11-8-12(6-7-17-11)20-14(18-15(10)21)9-13(19-20)16(22)23;3-2(4,5)1(6)7/h6-10H,2-5H2,1H3,(H,18,21)(H,22,23);(H,6,7). The second-order valence-electron chi connectivity index (χ2n) is 6.58. The van der Waals surface area contributed by atoms with Crippen molar-refractivity contribution in [1.29, 1.82) is 0 Å². The Morgan fingerprint density at radius 2 is 1.90 bits per heavy atom. The molecule has 0 saturated carbocycles. The Bertz CT molecular complexity index is 942. The summed E-state index contributed by atoms with van der Waals surface area (Å²) in [4.78, 5) is 36.7. The van der Waals surface area contributed by atoms with Crippen LogP contribution in [0.2, 0.25) is 0 Å². The van der Waals surface area contributed by atoms with Crippen LogP contribution in [-0.2, 0) is 16.0 Å². The summed E-state index contributed by atoms with van der Waals surface area (Å²) in [5.74, 6) is -3.80. The van der Waals surface area contributed by atoms with E-state index in [9.17, 15) is 22.8 Å². The van der Waals surface area contributed by atoms with E-state index in [1.807, 2.05) is 13.0 Å². The van der Waals surface area contributed by atoms with Gasteiger partial charge in [-0.05, 0) is 31.4 Å². The fourth-order valence-corrected chi connectivity index (χ4v) is 2.64. The molecule has 0 saturated heterocycles. The number of anilines is 1. The molecule has 3 heterocycles. The summed E-state index contributed by atoms with van der Waals surface area (Å²) in [6, 6.07) is 4.99. The van der Waals surface area contributed by atoms with Crippen LogP contribution >= 0.6 is 0 Å². The molecule has 0 aliphatic carbocycles. The first-order valence-corrected chi connectivity index (χ1v) is 8.88. The summed E-state index contributed by atoms with van der Waals surface area (Å²) in [6.07, 6.45) is 0.101. The minimum Gasteiger partial charge on any atom is -0.476 e. The van der Waals surface area contributed by atoms with Crippen LogP contribution in [0.15, 0.2) is 24.4 Å². The smallest absolute Gasteiger partial charge is 0.476 e. The first-order valence-electron chi connectivity index (χ1n) is 8.88. The first kappa shape index (κ1) is 22.8. The Balaban J connectivity index is 0.000000396. The predicted molar refractivity (Wildman–Crippen MR) is 97.4 cm³/mol. The molecule has 12 heteroatoms. The lowest BCUT2D eigenvalue weighted by molar-refractivity contribution is -0.192. The van der Waals surface area contributed by atoms with Crippen LogP contribution < -0.4 is 5.32 Å². The van der Waals surface area contributed by atoms with E-state index in [-0.39, 0.29) is 17.5 Å². The molecule has 0 fully saturated rings. The highest BCUT2D eigenvalue weighted by Crippen LogP contribution is 2.21. The molecule has 30 heavy (non-hydrogen) atoms. The minimum absolute atomic E-state index is 0.110. The number of aliphatic carboxylic acids is 1. The van der Waals surface area contributed by atoms with Crippen molar-refractivity contribution in [2.45, 2.75) is 38.8 Å². The Morgan fingerprint density at radius 3 is 2.50 bits per heavy atom. The van der Waals surface area contributed by atoms with Crippen molar-refractivity contribution >= 4 is 23.7 Å². The van der Waals surface area contributed by atoms with Crippen molar-refractivity contribution in [3.63, 3.8) is 0 Å². The normalized spacial score (nSPS) is 16.7. The van der Waals surface area contributed by atoms with E-state index < -0.39 is 18.1 Å². The van der Waals surface area contributed by atoms with Gasteiger partial charge in [0.2, 0.25) is 5.91 Å². The lowest BCUT2D eigenvalue weighted by atomic mass is 10.0. The number of aromatic nitrogens is 3. The van der Waals surface area contributed by atoms with Crippen molar-refractivity contribution in [1.82, 2.24) is 14.8 Å². The number of hydrogen-bond acceptors (Lipinski definition) is 5. The summed E-state index contributed by atoms with van der Waals surface area (Å²) in [7, 11) is 0. The van der Waals surface area contributed by atoms with Gasteiger partial charge in [-0.2, -0.15) is 18.3 Å². The third-order valence-corrected chi connectivity index (χ3v) is 4.23. The van der Waals surface area contributed by atoms with E-state index >= 15 is 0 Å². The summed E-state index contributed by atoms with van der Waals surface area (Å²) in [5.41, 5.74) is 1.51. The number of fused-ring (bicyclic) bond motifs is 4. The number of carboxylic acid groups (broad SMARTS) is 2. The van der Waals surface area contributed by atoms with E-state index in [0.717, 1.165) is 31.4 Å². The van der Waals surface area contributed by atoms with Crippen molar-refractivity contribution in [3.8, 4) is 5.69 Å². The molecule has 0 spiro atoms. The van der Waals surface area contributed by atoms with Crippen molar-refractivity contribution < 1.29 is 37.8 Å². The number of amides is 1. The monoisotopic (exact) mass is 428 g/mol. The van der Waals surface area contributed by atoms with Crippen LogP contribution in [0.4, 0.5) is 19.0 Å². The minimum atomic E-state index is -5.08. The lowest BCUT2D eigenvalue weighted by Gasteiger charge is -2.15. The number of rotatable bonds is 1. The molecule has 1 aliphatic rings. The Labute approximate surface area is 168 Å². The molecular formula is C18H19F3N4O5.